The average Bonchev–Trinajstić information content (AvgIpc) is 2.39. The second kappa shape index (κ2) is 5.82. The number of hydrogen-bond acceptors (Lipinski definition) is 3. The minimum absolute atomic E-state index is 0.663. The van der Waals surface area contributed by atoms with Crippen LogP contribution in [0.15, 0.2) is 48.8 Å². The van der Waals surface area contributed by atoms with E-state index in [1.54, 1.807) is 30.6 Å². The fourth-order valence-corrected chi connectivity index (χ4v) is 1.60. The molecule has 0 saturated carbocycles. The third-order valence-corrected chi connectivity index (χ3v) is 2.52. The number of pyridine rings is 1. The van der Waals surface area contributed by atoms with E-state index in [1.807, 2.05) is 25.1 Å². The molecule has 0 atom stereocenters. The summed E-state index contributed by atoms with van der Waals surface area (Å²) in [6.45, 7) is 1.90. The van der Waals surface area contributed by atoms with Gasteiger partial charge in [-0.1, -0.05) is 6.07 Å². The van der Waals surface area contributed by atoms with Gasteiger partial charge in [0.1, 0.15) is 11.5 Å². The van der Waals surface area contributed by atoms with Gasteiger partial charge < -0.3 is 9.84 Å². The van der Waals surface area contributed by atoms with Gasteiger partial charge in [-0.05, 0) is 48.4 Å². The summed E-state index contributed by atoms with van der Waals surface area (Å²) in [6, 6.07) is 9.09. The Kier molecular flexibility index (Phi) is 3.93. The molecule has 0 aliphatic carbocycles. The summed E-state index contributed by atoms with van der Waals surface area (Å²) in [6.07, 6.45) is 5.99. The Morgan fingerprint density at radius 3 is 2.79 bits per heavy atom. The number of rotatable bonds is 4. The van der Waals surface area contributed by atoms with Crippen molar-refractivity contribution in [1.29, 1.82) is 0 Å². The molecular weight excluding hydrogens is 242 g/mol. The number of carboxylic acids is 1. The van der Waals surface area contributed by atoms with Gasteiger partial charge in [0.05, 0.1) is 6.20 Å². The molecule has 96 valence electrons. The van der Waals surface area contributed by atoms with Crippen molar-refractivity contribution in [3.8, 4) is 11.5 Å². The van der Waals surface area contributed by atoms with Gasteiger partial charge in [-0.2, -0.15) is 0 Å². The predicted octanol–water partition coefficient (Wildman–Crippen LogP) is 3.28. The molecule has 0 spiro atoms. The molecule has 19 heavy (non-hydrogen) atoms. The molecule has 4 nitrogen and oxygen atoms in total. The molecule has 1 aromatic heterocycles. The minimum Gasteiger partial charge on any atom is -0.478 e. The maximum atomic E-state index is 10.5. The lowest BCUT2D eigenvalue weighted by Crippen LogP contribution is -1.89. The first kappa shape index (κ1) is 12.8. The zero-order valence-electron chi connectivity index (χ0n) is 10.4. The van der Waals surface area contributed by atoms with Crippen LogP contribution in [-0.4, -0.2) is 16.1 Å². The number of nitrogens with zero attached hydrogens (tertiary/aromatic N) is 1. The third kappa shape index (κ3) is 3.67. The van der Waals surface area contributed by atoms with E-state index in [0.29, 0.717) is 11.5 Å². The smallest absolute Gasteiger partial charge is 0.328 e. The summed E-state index contributed by atoms with van der Waals surface area (Å²) in [5, 5.41) is 8.60. The van der Waals surface area contributed by atoms with Crippen molar-refractivity contribution >= 4 is 12.0 Å². The van der Waals surface area contributed by atoms with Crippen LogP contribution < -0.4 is 4.74 Å². The molecule has 1 heterocycles. The maximum Gasteiger partial charge on any atom is 0.328 e. The molecule has 2 aromatic rings. The van der Waals surface area contributed by atoms with Gasteiger partial charge in [0.2, 0.25) is 0 Å². The number of aliphatic carboxylic acids is 1. The number of aromatic nitrogens is 1. The monoisotopic (exact) mass is 255 g/mol. The molecule has 0 bridgehead atoms. The van der Waals surface area contributed by atoms with Gasteiger partial charge in [-0.3, -0.25) is 4.98 Å². The lowest BCUT2D eigenvalue weighted by atomic mass is 10.1. The molecule has 0 unspecified atom stereocenters. The van der Waals surface area contributed by atoms with Crippen LogP contribution in [0.4, 0.5) is 0 Å². The van der Waals surface area contributed by atoms with Crippen LogP contribution >= 0.6 is 0 Å². The van der Waals surface area contributed by atoms with E-state index < -0.39 is 5.97 Å². The lowest BCUT2D eigenvalue weighted by Gasteiger charge is -2.07. The molecule has 0 fully saturated rings. The average molecular weight is 255 g/mol. The topological polar surface area (TPSA) is 59.4 Å². The number of carbonyl (C=O) groups is 1. The summed E-state index contributed by atoms with van der Waals surface area (Å²) >= 11 is 0. The second-order valence-corrected chi connectivity index (χ2v) is 3.98. The first-order valence-corrected chi connectivity index (χ1v) is 5.75. The molecule has 1 aromatic carbocycles. The largest absolute Gasteiger partial charge is 0.478 e. The molecule has 1 N–H and O–H groups in total. The molecule has 0 aliphatic heterocycles. The standard InChI is InChI=1S/C15H13NO3/c1-11-9-13(19-14-3-2-8-16-10-14)6-4-12(11)5-7-15(17)18/h2-10H,1H3,(H,17,18). The van der Waals surface area contributed by atoms with E-state index in [9.17, 15) is 4.79 Å². The fourth-order valence-electron chi connectivity index (χ4n) is 1.60. The van der Waals surface area contributed by atoms with Crippen LogP contribution in [0.5, 0.6) is 11.5 Å². The van der Waals surface area contributed by atoms with Crippen molar-refractivity contribution in [2.45, 2.75) is 6.92 Å². The molecule has 0 amide bonds. The molecule has 0 aliphatic rings. The Balaban J connectivity index is 2.17. The molecule has 4 heteroatoms. The van der Waals surface area contributed by atoms with Crippen LogP contribution in [0.2, 0.25) is 0 Å². The van der Waals surface area contributed by atoms with Gasteiger partial charge in [0.15, 0.2) is 0 Å². The van der Waals surface area contributed by atoms with Crippen molar-refractivity contribution in [2.24, 2.45) is 0 Å². The summed E-state index contributed by atoms with van der Waals surface area (Å²) in [7, 11) is 0. The van der Waals surface area contributed by atoms with Gasteiger partial charge in [-0.15, -0.1) is 0 Å². The van der Waals surface area contributed by atoms with E-state index >= 15 is 0 Å². The number of carboxylic acid groups (broad SMARTS) is 1. The molecule has 0 saturated heterocycles. The van der Waals surface area contributed by atoms with E-state index in [-0.39, 0.29) is 0 Å². The Bertz CT molecular complexity index is 606. The summed E-state index contributed by atoms with van der Waals surface area (Å²) in [5.74, 6) is 0.392. The molecule has 2 rings (SSSR count). The Labute approximate surface area is 111 Å². The van der Waals surface area contributed by atoms with Crippen molar-refractivity contribution in [3.63, 3.8) is 0 Å². The molecular formula is C15H13NO3. The van der Waals surface area contributed by atoms with Crippen LogP contribution in [0.1, 0.15) is 11.1 Å². The van der Waals surface area contributed by atoms with Crippen LogP contribution in [0.25, 0.3) is 6.08 Å². The highest BCUT2D eigenvalue weighted by molar-refractivity contribution is 5.85. The van der Waals surface area contributed by atoms with Crippen molar-refractivity contribution in [1.82, 2.24) is 4.98 Å². The Hall–Kier alpha value is -2.62. The van der Waals surface area contributed by atoms with Crippen molar-refractivity contribution in [3.05, 3.63) is 59.9 Å². The minimum atomic E-state index is -0.963. The van der Waals surface area contributed by atoms with Gasteiger partial charge >= 0.3 is 5.97 Å². The normalized spacial score (nSPS) is 10.6. The summed E-state index contributed by atoms with van der Waals surface area (Å²) < 4.78 is 5.64. The van der Waals surface area contributed by atoms with Gasteiger partial charge in [0, 0.05) is 12.3 Å². The second-order valence-electron chi connectivity index (χ2n) is 3.98. The number of ether oxygens (including phenoxy) is 1. The first-order valence-electron chi connectivity index (χ1n) is 5.75. The maximum absolute atomic E-state index is 10.5. The van der Waals surface area contributed by atoms with E-state index in [4.69, 9.17) is 9.84 Å². The predicted molar refractivity (Wildman–Crippen MR) is 72.2 cm³/mol. The number of benzene rings is 1. The van der Waals surface area contributed by atoms with Crippen molar-refractivity contribution < 1.29 is 14.6 Å². The van der Waals surface area contributed by atoms with E-state index in [0.717, 1.165) is 17.2 Å². The van der Waals surface area contributed by atoms with Crippen LogP contribution in [0, 0.1) is 6.92 Å². The number of aryl methyl sites for hydroxylation is 1. The van der Waals surface area contributed by atoms with Gasteiger partial charge in [0.25, 0.3) is 0 Å². The highest BCUT2D eigenvalue weighted by atomic mass is 16.5. The molecule has 0 radical (unpaired) electrons. The van der Waals surface area contributed by atoms with Gasteiger partial charge in [-0.25, -0.2) is 4.79 Å². The summed E-state index contributed by atoms with van der Waals surface area (Å²) in [4.78, 5) is 14.4. The zero-order chi connectivity index (χ0) is 13.7. The SMILES string of the molecule is Cc1cc(Oc2cccnc2)ccc1C=CC(=O)O. The first-order chi connectivity index (χ1) is 9.15. The number of hydrogen-bond donors (Lipinski definition) is 1. The van der Waals surface area contributed by atoms with Crippen LogP contribution in [-0.2, 0) is 4.79 Å². The lowest BCUT2D eigenvalue weighted by molar-refractivity contribution is -0.131. The van der Waals surface area contributed by atoms with Crippen LogP contribution in [0.3, 0.4) is 0 Å². The van der Waals surface area contributed by atoms with E-state index in [2.05, 4.69) is 4.98 Å². The quantitative estimate of drug-likeness (QED) is 0.852. The highest BCUT2D eigenvalue weighted by Gasteiger charge is 2.01. The Morgan fingerprint density at radius 1 is 1.32 bits per heavy atom. The fraction of sp³-hybridized carbons (Fsp3) is 0.0667. The van der Waals surface area contributed by atoms with Crippen molar-refractivity contribution in [2.75, 3.05) is 0 Å². The van der Waals surface area contributed by atoms with E-state index in [1.165, 1.54) is 0 Å². The summed E-state index contributed by atoms with van der Waals surface area (Å²) in [5.41, 5.74) is 1.79. The highest BCUT2D eigenvalue weighted by Crippen LogP contribution is 2.23. The zero-order valence-corrected chi connectivity index (χ0v) is 10.4. The Morgan fingerprint density at radius 2 is 2.16 bits per heavy atom. The third-order valence-electron chi connectivity index (χ3n) is 2.52.